The van der Waals surface area contributed by atoms with Crippen LogP contribution in [0, 0.1) is 11.6 Å². The molecule has 0 bridgehead atoms. The Morgan fingerprint density at radius 2 is 1.35 bits per heavy atom. The van der Waals surface area contributed by atoms with Crippen molar-refractivity contribution in [3.05, 3.63) is 70.8 Å². The van der Waals surface area contributed by atoms with E-state index in [2.05, 4.69) is 48.8 Å². The molecular weight excluding hydrogens is 322 g/mol. The highest BCUT2D eigenvalue weighted by Gasteiger charge is 2.16. The molecule has 0 aromatic heterocycles. The smallest absolute Gasteiger partial charge is 0.126 e. The van der Waals surface area contributed by atoms with Crippen LogP contribution in [-0.2, 0) is 5.41 Å². The first-order valence-corrected chi connectivity index (χ1v) is 7.39. The van der Waals surface area contributed by atoms with E-state index in [0.29, 0.717) is 5.56 Å². The van der Waals surface area contributed by atoms with Gasteiger partial charge in [0, 0.05) is 6.07 Å². The topological polar surface area (TPSA) is 0 Å². The minimum atomic E-state index is -0.559. The maximum atomic E-state index is 13.3. The Bertz CT molecular complexity index is 577. The van der Waals surface area contributed by atoms with Gasteiger partial charge in [-0.15, -0.1) is 0 Å². The van der Waals surface area contributed by atoms with Gasteiger partial charge in [0.25, 0.3) is 0 Å². The highest BCUT2D eigenvalue weighted by molar-refractivity contribution is 9.09. The molecule has 3 heteroatoms. The summed E-state index contributed by atoms with van der Waals surface area (Å²) >= 11 is 3.50. The second-order valence-corrected chi connectivity index (χ2v) is 6.85. The van der Waals surface area contributed by atoms with Crippen LogP contribution >= 0.6 is 15.9 Å². The third kappa shape index (κ3) is 3.45. The maximum Gasteiger partial charge on any atom is 0.126 e. The minimum Gasteiger partial charge on any atom is -0.207 e. The average molecular weight is 339 g/mol. The van der Waals surface area contributed by atoms with Gasteiger partial charge in [0.1, 0.15) is 11.6 Å². The minimum absolute atomic E-state index is 0.0886. The van der Waals surface area contributed by atoms with Crippen LogP contribution in [-0.4, -0.2) is 0 Å². The van der Waals surface area contributed by atoms with Crippen molar-refractivity contribution in [3.63, 3.8) is 0 Å². The van der Waals surface area contributed by atoms with E-state index in [1.54, 1.807) is 0 Å². The fraction of sp³-hybridized carbons (Fsp3) is 0.294. The molecule has 20 heavy (non-hydrogen) atoms. The Balaban J connectivity index is 2.31. The normalized spacial score (nSPS) is 13.3. The number of rotatable bonds is 2. The zero-order valence-electron chi connectivity index (χ0n) is 11.8. The van der Waals surface area contributed by atoms with E-state index in [4.69, 9.17) is 0 Å². The van der Waals surface area contributed by atoms with Crippen molar-refractivity contribution >= 4 is 15.9 Å². The molecule has 0 saturated heterocycles. The van der Waals surface area contributed by atoms with Crippen LogP contribution in [0.4, 0.5) is 8.78 Å². The molecule has 0 aliphatic heterocycles. The third-order valence-corrected chi connectivity index (χ3v) is 4.30. The van der Waals surface area contributed by atoms with Gasteiger partial charge in [-0.25, -0.2) is 8.78 Å². The maximum absolute atomic E-state index is 13.3. The summed E-state index contributed by atoms with van der Waals surface area (Å²) in [6.07, 6.45) is 0. The highest BCUT2D eigenvalue weighted by atomic mass is 79.9. The summed E-state index contributed by atoms with van der Waals surface area (Å²) in [6, 6.07) is 11.7. The second-order valence-electron chi connectivity index (χ2n) is 5.94. The summed E-state index contributed by atoms with van der Waals surface area (Å²) in [5.41, 5.74) is 2.87. The quantitative estimate of drug-likeness (QED) is 0.612. The van der Waals surface area contributed by atoms with Crippen molar-refractivity contribution in [2.75, 3.05) is 0 Å². The zero-order chi connectivity index (χ0) is 14.9. The molecule has 0 amide bonds. The summed E-state index contributed by atoms with van der Waals surface area (Å²) < 4.78 is 26.5. The lowest BCUT2D eigenvalue weighted by atomic mass is 9.86. The van der Waals surface area contributed by atoms with Crippen LogP contribution in [0.5, 0.6) is 0 Å². The summed E-state index contributed by atoms with van der Waals surface area (Å²) in [6.45, 7) is 6.45. The van der Waals surface area contributed by atoms with E-state index in [0.717, 1.165) is 11.6 Å². The molecule has 0 radical (unpaired) electrons. The molecule has 1 atom stereocenters. The molecule has 0 aliphatic carbocycles. The van der Waals surface area contributed by atoms with Gasteiger partial charge in [0.2, 0.25) is 0 Å². The van der Waals surface area contributed by atoms with Gasteiger partial charge >= 0.3 is 0 Å². The van der Waals surface area contributed by atoms with Gasteiger partial charge in [-0.2, -0.15) is 0 Å². The molecule has 0 N–H and O–H groups in total. The van der Waals surface area contributed by atoms with Crippen molar-refractivity contribution in [1.82, 2.24) is 0 Å². The van der Waals surface area contributed by atoms with Gasteiger partial charge in [-0.1, -0.05) is 61.0 Å². The van der Waals surface area contributed by atoms with Crippen molar-refractivity contribution in [2.24, 2.45) is 0 Å². The Labute approximate surface area is 127 Å². The number of benzene rings is 2. The fourth-order valence-corrected chi connectivity index (χ4v) is 2.64. The number of halogens is 3. The Morgan fingerprint density at radius 3 is 1.80 bits per heavy atom. The van der Waals surface area contributed by atoms with Gasteiger partial charge in [0.15, 0.2) is 0 Å². The summed E-state index contributed by atoms with van der Waals surface area (Å²) in [7, 11) is 0. The Kier molecular flexibility index (Phi) is 4.28. The first kappa shape index (κ1) is 15.2. The van der Waals surface area contributed by atoms with Gasteiger partial charge in [0.05, 0.1) is 4.83 Å². The van der Waals surface area contributed by atoms with Crippen molar-refractivity contribution in [3.8, 4) is 0 Å². The standard InChI is InChI=1S/C17H17BrF2/c1-17(2,3)13-6-4-11(5-7-13)16(18)12-8-14(19)10-15(20)9-12/h4-10,16H,1-3H3. The molecule has 1 unspecified atom stereocenters. The highest BCUT2D eigenvalue weighted by Crippen LogP contribution is 2.33. The van der Waals surface area contributed by atoms with Crippen molar-refractivity contribution < 1.29 is 8.78 Å². The molecule has 0 fully saturated rings. The molecule has 2 aromatic carbocycles. The van der Waals surface area contributed by atoms with Crippen LogP contribution < -0.4 is 0 Å². The second kappa shape index (κ2) is 5.65. The number of alkyl halides is 1. The zero-order valence-corrected chi connectivity index (χ0v) is 13.3. The molecule has 0 nitrogen and oxygen atoms in total. The predicted molar refractivity (Wildman–Crippen MR) is 82.3 cm³/mol. The van der Waals surface area contributed by atoms with E-state index < -0.39 is 11.6 Å². The fourth-order valence-electron chi connectivity index (χ4n) is 2.07. The van der Waals surface area contributed by atoms with Crippen LogP contribution in [0.2, 0.25) is 0 Å². The van der Waals surface area contributed by atoms with Crippen molar-refractivity contribution in [1.29, 1.82) is 0 Å². The summed E-state index contributed by atoms with van der Waals surface area (Å²) in [4.78, 5) is -0.221. The van der Waals surface area contributed by atoms with E-state index in [1.165, 1.54) is 17.7 Å². The molecule has 2 rings (SSSR count). The largest absolute Gasteiger partial charge is 0.207 e. The van der Waals surface area contributed by atoms with Gasteiger partial charge in [-0.3, -0.25) is 0 Å². The molecule has 0 saturated carbocycles. The van der Waals surface area contributed by atoms with Crippen LogP contribution in [0.1, 0.15) is 42.3 Å². The number of hydrogen-bond acceptors (Lipinski definition) is 0. The van der Waals surface area contributed by atoms with Crippen molar-refractivity contribution in [2.45, 2.75) is 31.0 Å². The summed E-state index contributed by atoms with van der Waals surface area (Å²) in [5, 5.41) is 0. The predicted octanol–water partition coefficient (Wildman–Crippen LogP) is 5.75. The van der Waals surface area contributed by atoms with Crippen LogP contribution in [0.15, 0.2) is 42.5 Å². The molecule has 2 aromatic rings. The van der Waals surface area contributed by atoms with E-state index in [1.807, 2.05) is 12.1 Å². The van der Waals surface area contributed by atoms with Crippen LogP contribution in [0.3, 0.4) is 0 Å². The Hall–Kier alpha value is -1.22. The van der Waals surface area contributed by atoms with E-state index in [9.17, 15) is 8.78 Å². The molecule has 0 aliphatic rings. The third-order valence-electron chi connectivity index (χ3n) is 3.25. The average Bonchev–Trinajstić information content (AvgIpc) is 2.36. The molecule has 0 heterocycles. The molecule has 106 valence electrons. The number of hydrogen-bond donors (Lipinski definition) is 0. The summed E-state index contributed by atoms with van der Waals surface area (Å²) in [5.74, 6) is -1.12. The lowest BCUT2D eigenvalue weighted by molar-refractivity contribution is 0.580. The van der Waals surface area contributed by atoms with E-state index >= 15 is 0 Å². The Morgan fingerprint density at radius 1 is 0.850 bits per heavy atom. The lowest BCUT2D eigenvalue weighted by Crippen LogP contribution is -2.10. The SMILES string of the molecule is CC(C)(C)c1ccc(C(Br)c2cc(F)cc(F)c2)cc1. The monoisotopic (exact) mass is 338 g/mol. The first-order valence-electron chi connectivity index (χ1n) is 6.48. The van der Waals surface area contributed by atoms with Crippen LogP contribution in [0.25, 0.3) is 0 Å². The van der Waals surface area contributed by atoms with Gasteiger partial charge in [-0.05, 0) is 34.2 Å². The molecular formula is C17H17BrF2. The van der Waals surface area contributed by atoms with Gasteiger partial charge < -0.3 is 0 Å². The first-order chi connectivity index (χ1) is 9.27. The van der Waals surface area contributed by atoms with E-state index in [-0.39, 0.29) is 10.2 Å². The lowest BCUT2D eigenvalue weighted by Gasteiger charge is -2.20. The molecule has 0 spiro atoms.